The molecule has 0 aliphatic carbocycles. The molecule has 22 heavy (non-hydrogen) atoms. The largest absolute Gasteiger partial charge is 0.346 e. The Morgan fingerprint density at radius 3 is 2.95 bits per heavy atom. The van der Waals surface area contributed by atoms with E-state index < -0.39 is 0 Å². The van der Waals surface area contributed by atoms with Gasteiger partial charge in [-0.15, -0.1) is 0 Å². The Labute approximate surface area is 127 Å². The Balaban J connectivity index is 1.62. The molecule has 0 spiro atoms. The molecule has 5 heteroatoms. The van der Waals surface area contributed by atoms with Crippen LogP contribution in [0.15, 0.2) is 42.7 Å². The van der Waals surface area contributed by atoms with Crippen molar-refractivity contribution in [1.82, 2.24) is 15.3 Å². The molecule has 0 fully saturated rings. The van der Waals surface area contributed by atoms with E-state index in [1.165, 1.54) is 6.07 Å². The lowest BCUT2D eigenvalue weighted by molar-refractivity contribution is 0.588. The molecule has 3 aromatic rings. The summed E-state index contributed by atoms with van der Waals surface area (Å²) in [5, 5.41) is 4.21. The first kappa shape index (κ1) is 14.2. The number of rotatable bonds is 5. The number of hydrogen-bond acceptors (Lipinski definition) is 2. The second-order valence-electron chi connectivity index (χ2n) is 5.03. The smallest absolute Gasteiger partial charge is 0.205 e. The van der Waals surface area contributed by atoms with Crippen LogP contribution in [0.5, 0.6) is 0 Å². The molecule has 0 saturated carbocycles. The Hall–Kier alpha value is -2.71. The summed E-state index contributed by atoms with van der Waals surface area (Å²) in [6.07, 6.45) is 4.26. The van der Waals surface area contributed by atoms with Gasteiger partial charge in [-0.05, 0) is 30.7 Å². The molecule has 3 rings (SSSR count). The zero-order valence-electron chi connectivity index (χ0n) is 11.9. The molecule has 2 aromatic heterocycles. The SMILES string of the molecule is [C-]#[N+]c1cnc2[nH]cc(CCNCc3ccccc3F)c2c1. The number of benzene rings is 1. The number of halogens is 1. The normalized spacial score (nSPS) is 10.7. The van der Waals surface area contributed by atoms with Gasteiger partial charge < -0.3 is 10.3 Å². The number of nitrogens with one attached hydrogen (secondary N) is 2. The van der Waals surface area contributed by atoms with E-state index >= 15 is 0 Å². The lowest BCUT2D eigenvalue weighted by Crippen LogP contribution is -2.17. The molecule has 0 radical (unpaired) electrons. The van der Waals surface area contributed by atoms with Crippen molar-refractivity contribution in [3.8, 4) is 0 Å². The first-order valence-corrected chi connectivity index (χ1v) is 7.05. The summed E-state index contributed by atoms with van der Waals surface area (Å²) in [6, 6.07) is 8.61. The van der Waals surface area contributed by atoms with Gasteiger partial charge in [0.25, 0.3) is 0 Å². The van der Waals surface area contributed by atoms with Crippen LogP contribution in [-0.2, 0) is 13.0 Å². The molecule has 2 heterocycles. The first-order valence-electron chi connectivity index (χ1n) is 7.05. The van der Waals surface area contributed by atoms with Gasteiger partial charge in [-0.3, -0.25) is 4.98 Å². The van der Waals surface area contributed by atoms with Crippen molar-refractivity contribution in [2.75, 3.05) is 6.54 Å². The molecule has 0 saturated heterocycles. The molecule has 110 valence electrons. The number of nitrogens with zero attached hydrogens (tertiary/aromatic N) is 2. The summed E-state index contributed by atoms with van der Waals surface area (Å²) in [5.74, 6) is -0.187. The van der Waals surface area contributed by atoms with Gasteiger partial charge in [0, 0.05) is 29.9 Å². The number of fused-ring (bicyclic) bond motifs is 1. The third-order valence-corrected chi connectivity index (χ3v) is 3.58. The monoisotopic (exact) mass is 294 g/mol. The van der Waals surface area contributed by atoms with E-state index in [9.17, 15) is 4.39 Å². The molecule has 0 aliphatic heterocycles. The quantitative estimate of drug-likeness (QED) is 0.558. The third-order valence-electron chi connectivity index (χ3n) is 3.58. The minimum Gasteiger partial charge on any atom is -0.346 e. The average Bonchev–Trinajstić information content (AvgIpc) is 2.95. The van der Waals surface area contributed by atoms with Crippen LogP contribution in [-0.4, -0.2) is 16.5 Å². The fourth-order valence-electron chi connectivity index (χ4n) is 2.40. The van der Waals surface area contributed by atoms with Crippen LogP contribution in [0.3, 0.4) is 0 Å². The lowest BCUT2D eigenvalue weighted by Gasteiger charge is -2.05. The van der Waals surface area contributed by atoms with E-state index in [0.717, 1.165) is 29.6 Å². The fraction of sp³-hybridized carbons (Fsp3) is 0.176. The van der Waals surface area contributed by atoms with Crippen molar-refractivity contribution in [3.05, 3.63) is 71.1 Å². The van der Waals surface area contributed by atoms with Crippen molar-refractivity contribution in [1.29, 1.82) is 0 Å². The second kappa shape index (κ2) is 6.37. The van der Waals surface area contributed by atoms with E-state index in [1.54, 1.807) is 18.3 Å². The molecule has 0 aliphatic rings. The summed E-state index contributed by atoms with van der Waals surface area (Å²) >= 11 is 0. The molecule has 1 aromatic carbocycles. The summed E-state index contributed by atoms with van der Waals surface area (Å²) in [5.41, 5.74) is 3.09. The van der Waals surface area contributed by atoms with Crippen LogP contribution < -0.4 is 5.32 Å². The maximum absolute atomic E-state index is 13.5. The Kier molecular flexibility index (Phi) is 4.12. The molecule has 0 atom stereocenters. The number of pyridine rings is 1. The van der Waals surface area contributed by atoms with Gasteiger partial charge in [0.05, 0.1) is 6.57 Å². The number of aromatic amines is 1. The fourth-order valence-corrected chi connectivity index (χ4v) is 2.40. The van der Waals surface area contributed by atoms with E-state index in [-0.39, 0.29) is 5.82 Å². The molecule has 2 N–H and O–H groups in total. The lowest BCUT2D eigenvalue weighted by atomic mass is 10.1. The van der Waals surface area contributed by atoms with Gasteiger partial charge in [0.1, 0.15) is 11.5 Å². The van der Waals surface area contributed by atoms with Crippen LogP contribution in [0.2, 0.25) is 0 Å². The Bertz CT molecular complexity index is 832. The molecule has 4 nitrogen and oxygen atoms in total. The summed E-state index contributed by atoms with van der Waals surface area (Å²) in [7, 11) is 0. The van der Waals surface area contributed by atoms with Gasteiger partial charge in [0.2, 0.25) is 5.69 Å². The zero-order chi connectivity index (χ0) is 15.4. The van der Waals surface area contributed by atoms with Crippen LogP contribution in [0.25, 0.3) is 15.9 Å². The van der Waals surface area contributed by atoms with Crippen LogP contribution in [0.1, 0.15) is 11.1 Å². The predicted octanol–water partition coefficient (Wildman–Crippen LogP) is 3.59. The highest BCUT2D eigenvalue weighted by Gasteiger charge is 2.06. The van der Waals surface area contributed by atoms with E-state index in [1.807, 2.05) is 18.3 Å². The number of H-pyrrole nitrogens is 1. The maximum atomic E-state index is 13.5. The van der Waals surface area contributed by atoms with Gasteiger partial charge in [-0.1, -0.05) is 18.2 Å². The van der Waals surface area contributed by atoms with Crippen molar-refractivity contribution >= 4 is 16.7 Å². The second-order valence-corrected chi connectivity index (χ2v) is 5.03. The number of aromatic nitrogens is 2. The molecule has 0 amide bonds. The minimum absolute atomic E-state index is 0.187. The first-order chi connectivity index (χ1) is 10.8. The summed E-state index contributed by atoms with van der Waals surface area (Å²) in [6.45, 7) is 8.28. The highest BCUT2D eigenvalue weighted by atomic mass is 19.1. The van der Waals surface area contributed by atoms with Gasteiger partial charge in [-0.25, -0.2) is 9.24 Å². The van der Waals surface area contributed by atoms with Crippen molar-refractivity contribution < 1.29 is 4.39 Å². The Morgan fingerprint density at radius 1 is 1.27 bits per heavy atom. The molecular weight excluding hydrogens is 279 g/mol. The highest BCUT2D eigenvalue weighted by Crippen LogP contribution is 2.22. The van der Waals surface area contributed by atoms with Gasteiger partial charge in [-0.2, -0.15) is 0 Å². The topological polar surface area (TPSA) is 45.1 Å². The maximum Gasteiger partial charge on any atom is 0.205 e. The van der Waals surface area contributed by atoms with E-state index in [0.29, 0.717) is 17.8 Å². The average molecular weight is 294 g/mol. The zero-order valence-corrected chi connectivity index (χ0v) is 11.9. The molecule has 0 bridgehead atoms. The van der Waals surface area contributed by atoms with E-state index in [2.05, 4.69) is 20.1 Å². The molecule has 0 unspecified atom stereocenters. The molecular formula is C17H15FN4. The summed E-state index contributed by atoms with van der Waals surface area (Å²) in [4.78, 5) is 10.7. The van der Waals surface area contributed by atoms with Crippen molar-refractivity contribution in [2.24, 2.45) is 0 Å². The number of hydrogen-bond donors (Lipinski definition) is 2. The Morgan fingerprint density at radius 2 is 2.14 bits per heavy atom. The standard InChI is InChI=1S/C17H15FN4/c1-19-14-8-15-12(10-21-17(15)22-11-14)6-7-20-9-13-4-2-3-5-16(13)18/h2-5,8,10-11,20H,6-7,9H2,(H,21,22). The van der Waals surface area contributed by atoms with E-state index in [4.69, 9.17) is 6.57 Å². The van der Waals surface area contributed by atoms with Crippen LogP contribution in [0, 0.1) is 12.4 Å². The minimum atomic E-state index is -0.187. The highest BCUT2D eigenvalue weighted by molar-refractivity contribution is 5.83. The third kappa shape index (κ3) is 2.97. The van der Waals surface area contributed by atoms with Crippen molar-refractivity contribution in [3.63, 3.8) is 0 Å². The van der Waals surface area contributed by atoms with Crippen LogP contribution >= 0.6 is 0 Å². The summed E-state index contributed by atoms with van der Waals surface area (Å²) < 4.78 is 13.5. The van der Waals surface area contributed by atoms with Gasteiger partial charge in [0.15, 0.2) is 0 Å². The predicted molar refractivity (Wildman–Crippen MR) is 84.2 cm³/mol. The van der Waals surface area contributed by atoms with Crippen LogP contribution in [0.4, 0.5) is 10.1 Å². The van der Waals surface area contributed by atoms with Gasteiger partial charge >= 0.3 is 0 Å². The van der Waals surface area contributed by atoms with Crippen molar-refractivity contribution in [2.45, 2.75) is 13.0 Å².